The maximum Gasteiger partial charge on any atom is 0.234 e. The van der Waals surface area contributed by atoms with Crippen molar-refractivity contribution in [3.05, 3.63) is 71.1 Å². The van der Waals surface area contributed by atoms with Gasteiger partial charge in [-0.1, -0.05) is 41.6 Å². The summed E-state index contributed by atoms with van der Waals surface area (Å²) in [6.45, 7) is 2.43. The molecule has 1 N–H and O–H groups in total. The molecule has 9 heteroatoms. The average Bonchev–Trinajstić information content (AvgIpc) is 3.44. The first-order chi connectivity index (χ1) is 15.2. The van der Waals surface area contributed by atoms with E-state index in [0.717, 1.165) is 16.4 Å². The summed E-state index contributed by atoms with van der Waals surface area (Å²) in [6, 6.07) is 18.8. The molecular weight excluding hydrogens is 452 g/mol. The van der Waals surface area contributed by atoms with E-state index < -0.39 is 0 Å². The number of thioether (sulfide) groups is 1. The van der Waals surface area contributed by atoms with Crippen LogP contribution in [0.5, 0.6) is 5.75 Å². The van der Waals surface area contributed by atoms with Crippen molar-refractivity contribution in [1.82, 2.24) is 14.8 Å². The van der Waals surface area contributed by atoms with E-state index in [0.29, 0.717) is 28.2 Å². The number of nitrogens with one attached hydrogen (secondary N) is 1. The summed E-state index contributed by atoms with van der Waals surface area (Å²) < 4.78 is 7.51. The molecule has 6 nitrogen and oxygen atoms in total. The molecular formula is C22H19ClN4O2S2. The molecule has 0 fully saturated rings. The molecule has 0 radical (unpaired) electrons. The van der Waals surface area contributed by atoms with Gasteiger partial charge in [-0.25, -0.2) is 0 Å². The minimum atomic E-state index is -0.152. The van der Waals surface area contributed by atoms with Crippen molar-refractivity contribution in [2.75, 3.05) is 17.7 Å². The van der Waals surface area contributed by atoms with Crippen LogP contribution in [0.1, 0.15) is 6.92 Å². The number of benzene rings is 2. The molecule has 0 atom stereocenters. The van der Waals surface area contributed by atoms with Gasteiger partial charge in [0, 0.05) is 10.7 Å². The zero-order valence-electron chi connectivity index (χ0n) is 16.6. The summed E-state index contributed by atoms with van der Waals surface area (Å²) in [7, 11) is 0. The molecule has 158 valence electrons. The molecule has 4 aromatic rings. The monoisotopic (exact) mass is 470 g/mol. The lowest BCUT2D eigenvalue weighted by Gasteiger charge is -2.12. The van der Waals surface area contributed by atoms with Gasteiger partial charge < -0.3 is 10.1 Å². The van der Waals surface area contributed by atoms with Gasteiger partial charge >= 0.3 is 0 Å². The van der Waals surface area contributed by atoms with Gasteiger partial charge in [-0.05, 0) is 54.8 Å². The van der Waals surface area contributed by atoms with Gasteiger partial charge in [-0.15, -0.1) is 21.5 Å². The van der Waals surface area contributed by atoms with Crippen molar-refractivity contribution in [2.45, 2.75) is 12.1 Å². The Kier molecular flexibility index (Phi) is 6.91. The van der Waals surface area contributed by atoms with E-state index in [-0.39, 0.29) is 11.7 Å². The van der Waals surface area contributed by atoms with Crippen LogP contribution >= 0.6 is 34.7 Å². The molecule has 0 saturated carbocycles. The standard InChI is InChI=1S/C22H19ClN4O2S2/c1-2-29-18-7-4-3-6-17(18)24-20(28)14-31-22-26-25-21(19-8-5-13-30-19)27(22)16-11-9-15(23)10-12-16/h3-13H,2,14H2,1H3,(H,24,28). The Labute approximate surface area is 193 Å². The first-order valence-electron chi connectivity index (χ1n) is 9.55. The first kappa shape index (κ1) is 21.4. The molecule has 0 bridgehead atoms. The number of hydrogen-bond acceptors (Lipinski definition) is 6. The molecule has 4 rings (SSSR count). The van der Waals surface area contributed by atoms with Crippen LogP contribution < -0.4 is 10.1 Å². The van der Waals surface area contributed by atoms with Gasteiger partial charge in [-0.2, -0.15) is 0 Å². The predicted octanol–water partition coefficient (Wildman–Crippen LogP) is 5.78. The van der Waals surface area contributed by atoms with Crippen LogP contribution in [0.15, 0.2) is 71.2 Å². The molecule has 2 aromatic heterocycles. The average molecular weight is 471 g/mol. The molecule has 1 amide bonds. The number of halogens is 1. The summed E-state index contributed by atoms with van der Waals surface area (Å²) in [5.41, 5.74) is 1.52. The Morgan fingerprint density at radius 3 is 2.68 bits per heavy atom. The van der Waals surface area contributed by atoms with E-state index in [1.807, 2.05) is 77.5 Å². The van der Waals surface area contributed by atoms with Crippen LogP contribution in [0.2, 0.25) is 5.02 Å². The fraction of sp³-hybridized carbons (Fsp3) is 0.136. The van der Waals surface area contributed by atoms with Gasteiger partial charge in [0.15, 0.2) is 11.0 Å². The number of carbonyl (C=O) groups is 1. The van der Waals surface area contributed by atoms with Crippen LogP contribution in [0, 0.1) is 0 Å². The molecule has 0 saturated heterocycles. The second-order valence-corrected chi connectivity index (χ2v) is 8.69. The number of aromatic nitrogens is 3. The lowest BCUT2D eigenvalue weighted by atomic mass is 10.3. The first-order valence-corrected chi connectivity index (χ1v) is 11.8. The highest BCUT2D eigenvalue weighted by Gasteiger charge is 2.18. The number of rotatable bonds is 8. The Morgan fingerprint density at radius 2 is 1.94 bits per heavy atom. The number of thiophene rings is 1. The van der Waals surface area contributed by atoms with Crippen molar-refractivity contribution in [3.8, 4) is 22.1 Å². The van der Waals surface area contributed by atoms with Crippen molar-refractivity contribution in [2.24, 2.45) is 0 Å². The Morgan fingerprint density at radius 1 is 1.13 bits per heavy atom. The minimum absolute atomic E-state index is 0.152. The molecule has 0 aliphatic rings. The quantitative estimate of drug-likeness (QED) is 0.330. The summed E-state index contributed by atoms with van der Waals surface area (Å²) in [6.07, 6.45) is 0. The van der Waals surface area contributed by atoms with Crippen LogP contribution in [-0.4, -0.2) is 33.0 Å². The molecule has 0 spiro atoms. The summed E-state index contributed by atoms with van der Waals surface area (Å²) in [5, 5.41) is 14.9. The van der Waals surface area contributed by atoms with Crippen molar-refractivity contribution in [1.29, 1.82) is 0 Å². The lowest BCUT2D eigenvalue weighted by Crippen LogP contribution is -2.15. The number of para-hydroxylation sites is 2. The third-order valence-corrected chi connectivity index (χ3v) is 6.30. The second-order valence-electron chi connectivity index (χ2n) is 6.36. The second kappa shape index (κ2) is 10.00. The lowest BCUT2D eigenvalue weighted by molar-refractivity contribution is -0.113. The maximum atomic E-state index is 12.6. The fourth-order valence-electron chi connectivity index (χ4n) is 2.92. The van der Waals surface area contributed by atoms with Crippen LogP contribution in [0.3, 0.4) is 0 Å². The maximum absolute atomic E-state index is 12.6. The van der Waals surface area contributed by atoms with Crippen molar-refractivity contribution >= 4 is 46.3 Å². The molecule has 2 heterocycles. The predicted molar refractivity (Wildman–Crippen MR) is 127 cm³/mol. The Bertz CT molecular complexity index is 1160. The van der Waals surface area contributed by atoms with E-state index in [2.05, 4.69) is 15.5 Å². The summed E-state index contributed by atoms with van der Waals surface area (Å²) >= 11 is 8.96. The number of nitrogens with zero attached hydrogens (tertiary/aromatic N) is 3. The van der Waals surface area contributed by atoms with Crippen LogP contribution in [-0.2, 0) is 4.79 Å². The third-order valence-electron chi connectivity index (χ3n) is 4.25. The number of hydrogen-bond donors (Lipinski definition) is 1. The Hall–Kier alpha value is -2.81. The van der Waals surface area contributed by atoms with E-state index >= 15 is 0 Å². The van der Waals surface area contributed by atoms with E-state index in [1.165, 1.54) is 11.8 Å². The third kappa shape index (κ3) is 5.10. The summed E-state index contributed by atoms with van der Waals surface area (Å²) in [5.74, 6) is 1.39. The molecule has 0 aliphatic heterocycles. The van der Waals surface area contributed by atoms with Crippen LogP contribution in [0.25, 0.3) is 16.4 Å². The number of anilines is 1. The molecule has 2 aromatic carbocycles. The topological polar surface area (TPSA) is 69.0 Å². The molecule has 0 unspecified atom stereocenters. The molecule has 31 heavy (non-hydrogen) atoms. The van der Waals surface area contributed by atoms with Gasteiger partial charge in [0.1, 0.15) is 5.75 Å². The van der Waals surface area contributed by atoms with Gasteiger partial charge in [0.25, 0.3) is 0 Å². The summed E-state index contributed by atoms with van der Waals surface area (Å²) in [4.78, 5) is 13.6. The zero-order chi connectivity index (χ0) is 21.6. The Balaban J connectivity index is 1.55. The number of amides is 1. The minimum Gasteiger partial charge on any atom is -0.492 e. The zero-order valence-corrected chi connectivity index (χ0v) is 19.0. The molecule has 0 aliphatic carbocycles. The SMILES string of the molecule is CCOc1ccccc1NC(=O)CSc1nnc(-c2cccs2)n1-c1ccc(Cl)cc1. The van der Waals surface area contributed by atoms with E-state index in [4.69, 9.17) is 16.3 Å². The highest BCUT2D eigenvalue weighted by Crippen LogP contribution is 2.31. The van der Waals surface area contributed by atoms with E-state index in [1.54, 1.807) is 11.3 Å². The van der Waals surface area contributed by atoms with Gasteiger partial charge in [-0.3, -0.25) is 9.36 Å². The van der Waals surface area contributed by atoms with Crippen molar-refractivity contribution in [3.63, 3.8) is 0 Å². The fourth-order valence-corrected chi connectivity index (χ4v) is 4.50. The highest BCUT2D eigenvalue weighted by atomic mass is 35.5. The van der Waals surface area contributed by atoms with E-state index in [9.17, 15) is 4.79 Å². The smallest absolute Gasteiger partial charge is 0.234 e. The van der Waals surface area contributed by atoms with Gasteiger partial charge in [0.05, 0.1) is 22.9 Å². The highest BCUT2D eigenvalue weighted by molar-refractivity contribution is 7.99. The number of carbonyl (C=O) groups excluding carboxylic acids is 1. The van der Waals surface area contributed by atoms with Crippen LogP contribution in [0.4, 0.5) is 5.69 Å². The number of ether oxygens (including phenoxy) is 1. The largest absolute Gasteiger partial charge is 0.492 e. The normalized spacial score (nSPS) is 10.8. The van der Waals surface area contributed by atoms with Gasteiger partial charge in [0.2, 0.25) is 5.91 Å². The van der Waals surface area contributed by atoms with Crippen molar-refractivity contribution < 1.29 is 9.53 Å².